The van der Waals surface area contributed by atoms with E-state index in [2.05, 4.69) is 5.32 Å². The molecule has 0 radical (unpaired) electrons. The van der Waals surface area contributed by atoms with Gasteiger partial charge in [0.05, 0.1) is 10.6 Å². The molecule has 5 nitrogen and oxygen atoms in total. The van der Waals surface area contributed by atoms with E-state index in [-0.39, 0.29) is 10.8 Å². The lowest BCUT2D eigenvalue weighted by atomic mass is 10.2. The number of anilines is 1. The third-order valence-electron chi connectivity index (χ3n) is 4.61. The van der Waals surface area contributed by atoms with Crippen molar-refractivity contribution in [2.24, 2.45) is 0 Å². The fourth-order valence-corrected chi connectivity index (χ4v) is 5.05. The van der Waals surface area contributed by atoms with Gasteiger partial charge in [-0.3, -0.25) is 9.10 Å². The van der Waals surface area contributed by atoms with Crippen LogP contribution in [0.1, 0.15) is 15.9 Å². The molecule has 0 aliphatic carbocycles. The maximum atomic E-state index is 13.1. The molecule has 0 heterocycles. The molecule has 0 bridgehead atoms. The highest BCUT2D eigenvalue weighted by atomic mass is 32.2. The highest BCUT2D eigenvalue weighted by Crippen LogP contribution is 2.25. The maximum Gasteiger partial charge on any atom is 0.264 e. The SMILES string of the molecule is Cc1ccccc1N(C)S(=O)(=O)c1cccc(C(=O)NCCSc2ccccc2)c1. The fourth-order valence-electron chi connectivity index (χ4n) is 2.95. The second-order valence-corrected chi connectivity index (χ2v) is 9.84. The van der Waals surface area contributed by atoms with Crippen LogP contribution in [0.15, 0.2) is 88.7 Å². The third kappa shape index (κ3) is 5.23. The highest BCUT2D eigenvalue weighted by Gasteiger charge is 2.23. The summed E-state index contributed by atoms with van der Waals surface area (Å²) in [7, 11) is -2.26. The van der Waals surface area contributed by atoms with Crippen LogP contribution >= 0.6 is 11.8 Å². The van der Waals surface area contributed by atoms with E-state index in [4.69, 9.17) is 0 Å². The zero-order valence-corrected chi connectivity index (χ0v) is 18.5. The number of carbonyl (C=O) groups excluding carboxylic acids is 1. The van der Waals surface area contributed by atoms with Crippen LogP contribution in [0, 0.1) is 6.92 Å². The van der Waals surface area contributed by atoms with Crippen LogP contribution in [-0.4, -0.2) is 33.7 Å². The van der Waals surface area contributed by atoms with Crippen molar-refractivity contribution in [2.45, 2.75) is 16.7 Å². The molecule has 30 heavy (non-hydrogen) atoms. The van der Waals surface area contributed by atoms with Crippen LogP contribution in [0.5, 0.6) is 0 Å². The molecule has 3 aromatic carbocycles. The van der Waals surface area contributed by atoms with E-state index in [9.17, 15) is 13.2 Å². The Morgan fingerprint density at radius 1 is 0.967 bits per heavy atom. The first-order chi connectivity index (χ1) is 14.4. The third-order valence-corrected chi connectivity index (χ3v) is 7.39. The van der Waals surface area contributed by atoms with Gasteiger partial charge in [-0.2, -0.15) is 0 Å². The Morgan fingerprint density at radius 2 is 1.67 bits per heavy atom. The minimum absolute atomic E-state index is 0.0829. The summed E-state index contributed by atoms with van der Waals surface area (Å²) in [5, 5.41) is 2.85. The number of nitrogens with one attached hydrogen (secondary N) is 1. The standard InChI is InChI=1S/C23H24N2O3S2/c1-18-9-6-7-14-22(18)25(2)30(27,28)21-13-8-10-19(17-21)23(26)24-15-16-29-20-11-4-3-5-12-20/h3-14,17H,15-16H2,1-2H3,(H,24,26). The molecule has 7 heteroatoms. The Kier molecular flexibility index (Phi) is 7.18. The quantitative estimate of drug-likeness (QED) is 0.418. The topological polar surface area (TPSA) is 66.5 Å². The van der Waals surface area contributed by atoms with E-state index in [1.54, 1.807) is 36.0 Å². The van der Waals surface area contributed by atoms with E-state index < -0.39 is 10.0 Å². The molecule has 0 saturated heterocycles. The largest absolute Gasteiger partial charge is 0.351 e. The smallest absolute Gasteiger partial charge is 0.264 e. The second kappa shape index (κ2) is 9.82. The average molecular weight is 441 g/mol. The molecule has 3 aromatic rings. The van der Waals surface area contributed by atoms with Crippen molar-refractivity contribution >= 4 is 33.4 Å². The number of benzene rings is 3. The van der Waals surface area contributed by atoms with Gasteiger partial charge in [-0.15, -0.1) is 11.8 Å². The lowest BCUT2D eigenvalue weighted by Gasteiger charge is -2.21. The summed E-state index contributed by atoms with van der Waals surface area (Å²) in [5.41, 5.74) is 1.78. The molecule has 0 aromatic heterocycles. The van der Waals surface area contributed by atoms with E-state index in [1.807, 2.05) is 49.4 Å². The molecular weight excluding hydrogens is 416 g/mol. The van der Waals surface area contributed by atoms with Crippen LogP contribution in [0.4, 0.5) is 5.69 Å². The molecule has 1 amide bonds. The van der Waals surface area contributed by atoms with Gasteiger partial charge in [0.15, 0.2) is 0 Å². The van der Waals surface area contributed by atoms with Crippen molar-refractivity contribution in [2.75, 3.05) is 23.7 Å². The summed E-state index contributed by atoms with van der Waals surface area (Å²) in [5.74, 6) is 0.434. The first-order valence-electron chi connectivity index (χ1n) is 9.50. The summed E-state index contributed by atoms with van der Waals surface area (Å²) in [6.45, 7) is 2.34. The summed E-state index contributed by atoms with van der Waals surface area (Å²) >= 11 is 1.65. The van der Waals surface area contributed by atoms with Crippen LogP contribution < -0.4 is 9.62 Å². The molecule has 0 atom stereocenters. The normalized spacial score (nSPS) is 11.1. The zero-order chi connectivity index (χ0) is 21.6. The summed E-state index contributed by atoms with van der Waals surface area (Å²) in [4.78, 5) is 13.7. The van der Waals surface area contributed by atoms with E-state index in [0.29, 0.717) is 17.8 Å². The van der Waals surface area contributed by atoms with Crippen LogP contribution in [0.2, 0.25) is 0 Å². The number of hydrogen-bond donors (Lipinski definition) is 1. The van der Waals surface area contributed by atoms with Crippen LogP contribution in [-0.2, 0) is 10.0 Å². The zero-order valence-electron chi connectivity index (χ0n) is 16.9. The number of carbonyl (C=O) groups is 1. The van der Waals surface area contributed by atoms with Gasteiger partial charge in [0.1, 0.15) is 0 Å². The van der Waals surface area contributed by atoms with Crippen LogP contribution in [0.25, 0.3) is 0 Å². The van der Waals surface area contributed by atoms with Crippen molar-refractivity contribution in [3.63, 3.8) is 0 Å². The molecule has 0 saturated carbocycles. The summed E-state index contributed by atoms with van der Waals surface area (Å²) < 4.78 is 27.4. The number of para-hydroxylation sites is 1. The van der Waals surface area contributed by atoms with Gasteiger partial charge in [-0.05, 0) is 48.9 Å². The van der Waals surface area contributed by atoms with Gasteiger partial charge in [-0.25, -0.2) is 8.42 Å². The van der Waals surface area contributed by atoms with Crippen molar-refractivity contribution in [1.82, 2.24) is 5.32 Å². The number of sulfonamides is 1. The van der Waals surface area contributed by atoms with E-state index in [0.717, 1.165) is 16.2 Å². The number of hydrogen-bond acceptors (Lipinski definition) is 4. The van der Waals surface area contributed by atoms with Gasteiger partial charge >= 0.3 is 0 Å². The Labute approximate surface area is 182 Å². The van der Waals surface area contributed by atoms with Crippen LogP contribution in [0.3, 0.4) is 0 Å². The molecule has 156 valence electrons. The van der Waals surface area contributed by atoms with Crippen molar-refractivity contribution < 1.29 is 13.2 Å². The fraction of sp³-hybridized carbons (Fsp3) is 0.174. The molecule has 0 unspecified atom stereocenters. The van der Waals surface area contributed by atoms with Gasteiger partial charge < -0.3 is 5.32 Å². The summed E-state index contributed by atoms with van der Waals surface area (Å²) in [6.07, 6.45) is 0. The molecule has 3 rings (SSSR count). The lowest BCUT2D eigenvalue weighted by molar-refractivity contribution is 0.0956. The second-order valence-electron chi connectivity index (χ2n) is 6.70. The summed E-state index contributed by atoms with van der Waals surface area (Å²) in [6, 6.07) is 23.4. The van der Waals surface area contributed by atoms with E-state index >= 15 is 0 Å². The first kappa shape index (κ1) is 21.9. The maximum absolute atomic E-state index is 13.1. The molecule has 0 fully saturated rings. The highest BCUT2D eigenvalue weighted by molar-refractivity contribution is 7.99. The predicted molar refractivity (Wildman–Crippen MR) is 123 cm³/mol. The minimum atomic E-state index is -3.78. The Balaban J connectivity index is 1.67. The minimum Gasteiger partial charge on any atom is -0.351 e. The lowest BCUT2D eigenvalue weighted by Crippen LogP contribution is -2.28. The number of amides is 1. The molecule has 0 aliphatic rings. The van der Waals surface area contributed by atoms with Crippen molar-refractivity contribution in [3.05, 3.63) is 90.0 Å². The van der Waals surface area contributed by atoms with Gasteiger partial charge in [0, 0.05) is 29.8 Å². The predicted octanol–water partition coefficient (Wildman–Crippen LogP) is 4.34. The first-order valence-corrected chi connectivity index (χ1v) is 11.9. The number of aryl methyl sites for hydroxylation is 1. The molecular formula is C23H24N2O3S2. The molecule has 1 N–H and O–H groups in total. The number of nitrogens with zero attached hydrogens (tertiary/aromatic N) is 1. The van der Waals surface area contributed by atoms with Crippen molar-refractivity contribution in [1.29, 1.82) is 0 Å². The monoisotopic (exact) mass is 440 g/mol. The van der Waals surface area contributed by atoms with Crippen molar-refractivity contribution in [3.8, 4) is 0 Å². The average Bonchev–Trinajstić information content (AvgIpc) is 2.77. The number of rotatable bonds is 8. The van der Waals surface area contributed by atoms with E-state index in [1.165, 1.54) is 23.5 Å². The Hall–Kier alpha value is -2.77. The van der Waals surface area contributed by atoms with Gasteiger partial charge in [-0.1, -0.05) is 42.5 Å². The molecule has 0 aliphatic heterocycles. The Morgan fingerprint density at radius 3 is 2.40 bits per heavy atom. The van der Waals surface area contributed by atoms with Gasteiger partial charge in [0.2, 0.25) is 0 Å². The Bertz CT molecular complexity index is 1120. The molecule has 0 spiro atoms. The van der Waals surface area contributed by atoms with Gasteiger partial charge in [0.25, 0.3) is 15.9 Å². The number of thioether (sulfide) groups is 1.